The van der Waals surface area contributed by atoms with Gasteiger partial charge in [-0.25, -0.2) is 0 Å². The quantitative estimate of drug-likeness (QED) is 0.843. The third-order valence-electron chi connectivity index (χ3n) is 3.10. The molecule has 7 heteroatoms. The van der Waals surface area contributed by atoms with Crippen molar-refractivity contribution in [3.63, 3.8) is 0 Å². The van der Waals surface area contributed by atoms with E-state index >= 15 is 0 Å². The predicted molar refractivity (Wildman–Crippen MR) is 65.8 cm³/mol. The Morgan fingerprint density at radius 3 is 3.00 bits per heavy atom. The van der Waals surface area contributed by atoms with E-state index in [0.717, 1.165) is 0 Å². The van der Waals surface area contributed by atoms with E-state index in [1.165, 1.54) is 6.20 Å². The number of carbonyl (C=O) groups excluding carboxylic acids is 1. The van der Waals surface area contributed by atoms with E-state index in [4.69, 9.17) is 9.84 Å². The maximum atomic E-state index is 12.3. The maximum Gasteiger partial charge on any atom is 0.305 e. The Kier molecular flexibility index (Phi) is 4.16. The molecule has 19 heavy (non-hydrogen) atoms. The monoisotopic (exact) mass is 267 g/mol. The second-order valence-electron chi connectivity index (χ2n) is 4.41. The molecule has 1 atom stereocenters. The molecule has 0 spiro atoms. The van der Waals surface area contributed by atoms with Crippen LogP contribution in [-0.4, -0.2) is 57.5 Å². The van der Waals surface area contributed by atoms with Crippen LogP contribution in [0.1, 0.15) is 23.7 Å². The zero-order valence-corrected chi connectivity index (χ0v) is 10.8. The van der Waals surface area contributed by atoms with Gasteiger partial charge in [-0.15, -0.1) is 0 Å². The van der Waals surface area contributed by atoms with Crippen molar-refractivity contribution in [2.24, 2.45) is 0 Å². The van der Waals surface area contributed by atoms with E-state index in [9.17, 15) is 9.59 Å². The maximum absolute atomic E-state index is 12.3. The Hall–Kier alpha value is -1.89. The van der Waals surface area contributed by atoms with Gasteiger partial charge in [0, 0.05) is 19.3 Å². The minimum atomic E-state index is -0.933. The minimum absolute atomic E-state index is 0.104. The van der Waals surface area contributed by atoms with E-state index in [2.05, 4.69) is 5.10 Å². The lowest BCUT2D eigenvalue weighted by Gasteiger charge is -2.34. The van der Waals surface area contributed by atoms with Crippen molar-refractivity contribution in [2.75, 3.05) is 19.8 Å². The van der Waals surface area contributed by atoms with Gasteiger partial charge in [0.05, 0.1) is 37.4 Å². The molecule has 1 aliphatic rings. The molecule has 2 rings (SSSR count). The largest absolute Gasteiger partial charge is 0.481 e. The standard InChI is InChI=1S/C12H17N3O4/c1-2-14-7-9(6-13-14)12(18)15-3-4-19-8-10(15)5-11(16)17/h6-7,10H,2-5,8H2,1H3,(H,16,17). The van der Waals surface area contributed by atoms with Gasteiger partial charge in [-0.3, -0.25) is 14.3 Å². The number of hydrogen-bond acceptors (Lipinski definition) is 4. The van der Waals surface area contributed by atoms with Crippen molar-refractivity contribution < 1.29 is 19.4 Å². The molecule has 0 aliphatic carbocycles. The van der Waals surface area contributed by atoms with Gasteiger partial charge in [0.2, 0.25) is 0 Å². The van der Waals surface area contributed by atoms with Crippen LogP contribution < -0.4 is 0 Å². The number of ether oxygens (including phenoxy) is 1. The first-order chi connectivity index (χ1) is 9.11. The third kappa shape index (κ3) is 3.11. The molecule has 104 valence electrons. The van der Waals surface area contributed by atoms with Crippen LogP contribution in [0.25, 0.3) is 0 Å². The van der Waals surface area contributed by atoms with Crippen molar-refractivity contribution in [1.29, 1.82) is 0 Å². The molecule has 1 aromatic rings. The third-order valence-corrected chi connectivity index (χ3v) is 3.10. The van der Waals surface area contributed by atoms with Crippen molar-refractivity contribution in [3.8, 4) is 0 Å². The number of carbonyl (C=O) groups is 2. The van der Waals surface area contributed by atoms with Crippen molar-refractivity contribution in [3.05, 3.63) is 18.0 Å². The molecule has 1 amide bonds. The molecular formula is C12H17N3O4. The lowest BCUT2D eigenvalue weighted by atomic mass is 10.1. The van der Waals surface area contributed by atoms with Crippen molar-refractivity contribution >= 4 is 11.9 Å². The van der Waals surface area contributed by atoms with Gasteiger partial charge in [0.15, 0.2) is 0 Å². The van der Waals surface area contributed by atoms with Crippen LogP contribution in [0.15, 0.2) is 12.4 Å². The van der Waals surface area contributed by atoms with Crippen LogP contribution in [-0.2, 0) is 16.1 Å². The lowest BCUT2D eigenvalue weighted by Crippen LogP contribution is -2.49. The molecule has 1 fully saturated rings. The summed E-state index contributed by atoms with van der Waals surface area (Å²) in [6, 6.07) is -0.413. The Labute approximate surface area is 110 Å². The van der Waals surface area contributed by atoms with E-state index in [0.29, 0.717) is 25.3 Å². The zero-order chi connectivity index (χ0) is 13.8. The molecule has 1 unspecified atom stereocenters. The SMILES string of the molecule is CCn1cc(C(=O)N2CCOCC2CC(=O)O)cn1. The first-order valence-corrected chi connectivity index (χ1v) is 6.24. The van der Waals surface area contributed by atoms with E-state index < -0.39 is 12.0 Å². The van der Waals surface area contributed by atoms with Gasteiger partial charge in [0.1, 0.15) is 0 Å². The highest BCUT2D eigenvalue weighted by molar-refractivity contribution is 5.94. The summed E-state index contributed by atoms with van der Waals surface area (Å²) in [5.74, 6) is -1.12. The average molecular weight is 267 g/mol. The Balaban J connectivity index is 2.12. The number of aromatic nitrogens is 2. The summed E-state index contributed by atoms with van der Waals surface area (Å²) < 4.78 is 6.91. The second-order valence-corrected chi connectivity index (χ2v) is 4.41. The minimum Gasteiger partial charge on any atom is -0.481 e. The number of rotatable bonds is 4. The fraction of sp³-hybridized carbons (Fsp3) is 0.583. The van der Waals surface area contributed by atoms with Crippen LogP contribution in [0.4, 0.5) is 0 Å². The summed E-state index contributed by atoms with van der Waals surface area (Å²) in [5.41, 5.74) is 0.485. The molecule has 0 aromatic carbocycles. The number of carboxylic acids is 1. The van der Waals surface area contributed by atoms with Crippen LogP contribution in [0.5, 0.6) is 0 Å². The van der Waals surface area contributed by atoms with Crippen molar-refractivity contribution in [2.45, 2.75) is 25.9 Å². The van der Waals surface area contributed by atoms with Crippen LogP contribution in [0, 0.1) is 0 Å². The number of hydrogen-bond donors (Lipinski definition) is 1. The lowest BCUT2D eigenvalue weighted by molar-refractivity contribution is -0.139. The summed E-state index contributed by atoms with van der Waals surface area (Å²) in [7, 11) is 0. The van der Waals surface area contributed by atoms with E-state index in [1.54, 1.807) is 15.8 Å². The normalized spacial score (nSPS) is 19.4. The molecule has 0 bridgehead atoms. The predicted octanol–water partition coefficient (Wildman–Crippen LogP) is 0.219. The molecule has 1 aliphatic heterocycles. The Morgan fingerprint density at radius 1 is 1.58 bits per heavy atom. The zero-order valence-electron chi connectivity index (χ0n) is 10.8. The molecule has 1 aromatic heterocycles. The fourth-order valence-electron chi connectivity index (χ4n) is 2.11. The number of nitrogens with zero attached hydrogens (tertiary/aromatic N) is 3. The summed E-state index contributed by atoms with van der Waals surface area (Å²) in [5, 5.41) is 12.9. The van der Waals surface area contributed by atoms with Gasteiger partial charge >= 0.3 is 5.97 Å². The second kappa shape index (κ2) is 5.83. The first kappa shape index (κ1) is 13.5. The van der Waals surface area contributed by atoms with Gasteiger partial charge in [0.25, 0.3) is 5.91 Å². The van der Waals surface area contributed by atoms with Gasteiger partial charge in [-0.2, -0.15) is 5.10 Å². The molecule has 7 nitrogen and oxygen atoms in total. The van der Waals surface area contributed by atoms with Gasteiger partial charge in [-0.1, -0.05) is 0 Å². The van der Waals surface area contributed by atoms with Crippen LogP contribution in [0.2, 0.25) is 0 Å². The van der Waals surface area contributed by atoms with Crippen LogP contribution >= 0.6 is 0 Å². The molecule has 1 saturated heterocycles. The number of amides is 1. The molecular weight excluding hydrogens is 250 g/mol. The Bertz CT molecular complexity index is 471. The number of aryl methyl sites for hydroxylation is 1. The highest BCUT2D eigenvalue weighted by atomic mass is 16.5. The van der Waals surface area contributed by atoms with E-state index in [1.807, 2.05) is 6.92 Å². The molecule has 2 heterocycles. The summed E-state index contributed by atoms with van der Waals surface area (Å²) in [4.78, 5) is 24.7. The van der Waals surface area contributed by atoms with Gasteiger partial charge < -0.3 is 14.7 Å². The summed E-state index contributed by atoms with van der Waals surface area (Å²) >= 11 is 0. The number of carboxylic acid groups (broad SMARTS) is 1. The van der Waals surface area contributed by atoms with E-state index in [-0.39, 0.29) is 18.9 Å². The smallest absolute Gasteiger partial charge is 0.305 e. The molecule has 1 N–H and O–H groups in total. The summed E-state index contributed by atoms with van der Waals surface area (Å²) in [6.07, 6.45) is 3.09. The topological polar surface area (TPSA) is 84.7 Å². The number of morpholine rings is 1. The summed E-state index contributed by atoms with van der Waals surface area (Å²) in [6.45, 7) is 3.73. The molecule has 0 radical (unpaired) electrons. The molecule has 0 saturated carbocycles. The average Bonchev–Trinajstić information content (AvgIpc) is 2.86. The number of aliphatic carboxylic acids is 1. The first-order valence-electron chi connectivity index (χ1n) is 6.24. The highest BCUT2D eigenvalue weighted by Gasteiger charge is 2.30. The van der Waals surface area contributed by atoms with Gasteiger partial charge in [-0.05, 0) is 6.92 Å². The highest BCUT2D eigenvalue weighted by Crippen LogP contribution is 2.15. The Morgan fingerprint density at radius 2 is 2.37 bits per heavy atom. The fourth-order valence-corrected chi connectivity index (χ4v) is 2.11. The van der Waals surface area contributed by atoms with Crippen molar-refractivity contribution in [1.82, 2.24) is 14.7 Å². The van der Waals surface area contributed by atoms with Crippen LogP contribution in [0.3, 0.4) is 0 Å².